The molecule has 2 rings (SSSR count). The van der Waals surface area contributed by atoms with E-state index in [9.17, 15) is 5.11 Å². The third kappa shape index (κ3) is 1.59. The van der Waals surface area contributed by atoms with E-state index < -0.39 is 0 Å². The SMILES string of the molecule is Cc1cc(-c2cc(Cl)ccc2O)n[nH]1. The molecule has 0 spiro atoms. The first-order chi connectivity index (χ1) is 6.66. The highest BCUT2D eigenvalue weighted by Crippen LogP contribution is 2.30. The summed E-state index contributed by atoms with van der Waals surface area (Å²) in [6.45, 7) is 1.90. The molecule has 1 heterocycles. The number of halogens is 1. The fourth-order valence-corrected chi connectivity index (χ4v) is 1.44. The van der Waals surface area contributed by atoms with Gasteiger partial charge in [0.15, 0.2) is 0 Å². The molecular formula is C10H9ClN2O. The second-order valence-corrected chi connectivity index (χ2v) is 3.53. The molecule has 0 saturated carbocycles. The fourth-order valence-electron chi connectivity index (χ4n) is 1.27. The number of aryl methyl sites for hydroxylation is 1. The third-order valence-electron chi connectivity index (χ3n) is 1.94. The standard InChI is InChI=1S/C10H9ClN2O/c1-6-4-9(13-12-6)8-5-7(11)2-3-10(8)14/h2-5,14H,1H3,(H,12,13). The Morgan fingerprint density at radius 3 is 2.79 bits per heavy atom. The number of H-pyrrole nitrogens is 1. The molecule has 0 atom stereocenters. The minimum atomic E-state index is 0.181. The van der Waals surface area contributed by atoms with Crippen LogP contribution in [0.1, 0.15) is 5.69 Å². The first kappa shape index (κ1) is 9.09. The van der Waals surface area contributed by atoms with E-state index in [1.807, 2.05) is 13.0 Å². The molecule has 2 aromatic rings. The van der Waals surface area contributed by atoms with Gasteiger partial charge in [-0.25, -0.2) is 0 Å². The van der Waals surface area contributed by atoms with Gasteiger partial charge < -0.3 is 5.11 Å². The van der Waals surface area contributed by atoms with Gasteiger partial charge in [-0.3, -0.25) is 5.10 Å². The van der Waals surface area contributed by atoms with Crippen LogP contribution in [0.2, 0.25) is 5.02 Å². The van der Waals surface area contributed by atoms with Gasteiger partial charge in [-0.15, -0.1) is 0 Å². The van der Waals surface area contributed by atoms with Crippen molar-refractivity contribution in [1.82, 2.24) is 10.2 Å². The first-order valence-electron chi connectivity index (χ1n) is 4.18. The molecular weight excluding hydrogens is 200 g/mol. The van der Waals surface area contributed by atoms with Crippen molar-refractivity contribution in [3.05, 3.63) is 35.0 Å². The van der Waals surface area contributed by atoms with E-state index in [1.54, 1.807) is 18.2 Å². The molecule has 4 heteroatoms. The van der Waals surface area contributed by atoms with Crippen LogP contribution in [0.25, 0.3) is 11.3 Å². The Hall–Kier alpha value is -1.48. The predicted octanol–water partition coefficient (Wildman–Crippen LogP) is 2.74. The Morgan fingerprint density at radius 2 is 2.14 bits per heavy atom. The average Bonchev–Trinajstić information content (AvgIpc) is 2.56. The van der Waals surface area contributed by atoms with Crippen molar-refractivity contribution in [2.75, 3.05) is 0 Å². The fraction of sp³-hybridized carbons (Fsp3) is 0.100. The summed E-state index contributed by atoms with van der Waals surface area (Å²) in [6, 6.07) is 6.74. The van der Waals surface area contributed by atoms with Crippen molar-refractivity contribution >= 4 is 11.6 Å². The van der Waals surface area contributed by atoms with Gasteiger partial charge in [-0.2, -0.15) is 5.10 Å². The molecule has 14 heavy (non-hydrogen) atoms. The van der Waals surface area contributed by atoms with Crippen molar-refractivity contribution in [3.63, 3.8) is 0 Å². The van der Waals surface area contributed by atoms with Crippen molar-refractivity contribution in [2.45, 2.75) is 6.92 Å². The average molecular weight is 209 g/mol. The number of aromatic hydroxyl groups is 1. The van der Waals surface area contributed by atoms with E-state index in [4.69, 9.17) is 11.6 Å². The molecule has 0 fully saturated rings. The monoisotopic (exact) mass is 208 g/mol. The summed E-state index contributed by atoms with van der Waals surface area (Å²) in [4.78, 5) is 0. The highest BCUT2D eigenvalue weighted by atomic mass is 35.5. The summed E-state index contributed by atoms with van der Waals surface area (Å²) < 4.78 is 0. The quantitative estimate of drug-likeness (QED) is 0.757. The molecule has 0 bridgehead atoms. The van der Waals surface area contributed by atoms with E-state index in [0.29, 0.717) is 16.3 Å². The predicted molar refractivity (Wildman–Crippen MR) is 55.4 cm³/mol. The topological polar surface area (TPSA) is 48.9 Å². The molecule has 0 aliphatic carbocycles. The van der Waals surface area contributed by atoms with Gasteiger partial charge >= 0.3 is 0 Å². The van der Waals surface area contributed by atoms with Crippen LogP contribution in [0.4, 0.5) is 0 Å². The molecule has 0 radical (unpaired) electrons. The number of phenolic OH excluding ortho intramolecular Hbond substituents is 1. The van der Waals surface area contributed by atoms with E-state index >= 15 is 0 Å². The molecule has 3 nitrogen and oxygen atoms in total. The molecule has 72 valence electrons. The Balaban J connectivity index is 2.55. The van der Waals surface area contributed by atoms with E-state index in [0.717, 1.165) is 5.69 Å². The number of nitrogens with one attached hydrogen (secondary N) is 1. The second kappa shape index (κ2) is 3.35. The number of benzene rings is 1. The first-order valence-corrected chi connectivity index (χ1v) is 4.55. The van der Waals surface area contributed by atoms with Crippen LogP contribution in [0.3, 0.4) is 0 Å². The third-order valence-corrected chi connectivity index (χ3v) is 2.18. The van der Waals surface area contributed by atoms with Crippen LogP contribution >= 0.6 is 11.6 Å². The van der Waals surface area contributed by atoms with Crippen LogP contribution in [0.5, 0.6) is 5.75 Å². The van der Waals surface area contributed by atoms with E-state index in [-0.39, 0.29) is 5.75 Å². The van der Waals surface area contributed by atoms with Gasteiger partial charge in [-0.05, 0) is 31.2 Å². The molecule has 0 saturated heterocycles. The summed E-state index contributed by atoms with van der Waals surface area (Å²) >= 11 is 5.82. The number of hydrogen-bond donors (Lipinski definition) is 2. The van der Waals surface area contributed by atoms with Gasteiger partial charge in [0, 0.05) is 16.3 Å². The van der Waals surface area contributed by atoms with E-state index in [2.05, 4.69) is 10.2 Å². The minimum absolute atomic E-state index is 0.181. The number of rotatable bonds is 1. The number of phenols is 1. The zero-order valence-electron chi connectivity index (χ0n) is 7.58. The van der Waals surface area contributed by atoms with Gasteiger partial charge in [0.2, 0.25) is 0 Å². The Kier molecular flexibility index (Phi) is 2.17. The van der Waals surface area contributed by atoms with Gasteiger partial charge in [-0.1, -0.05) is 11.6 Å². The van der Waals surface area contributed by atoms with Crippen molar-refractivity contribution < 1.29 is 5.11 Å². The zero-order valence-corrected chi connectivity index (χ0v) is 8.34. The molecule has 1 aromatic heterocycles. The van der Waals surface area contributed by atoms with Crippen molar-refractivity contribution in [3.8, 4) is 17.0 Å². The van der Waals surface area contributed by atoms with Crippen LogP contribution in [0, 0.1) is 6.92 Å². The molecule has 0 unspecified atom stereocenters. The summed E-state index contributed by atoms with van der Waals surface area (Å²) in [5.74, 6) is 0.181. The van der Waals surface area contributed by atoms with Crippen LogP contribution in [-0.2, 0) is 0 Å². The molecule has 1 aromatic carbocycles. The van der Waals surface area contributed by atoms with Gasteiger partial charge in [0.25, 0.3) is 0 Å². The lowest BCUT2D eigenvalue weighted by Crippen LogP contribution is -1.79. The summed E-state index contributed by atoms with van der Waals surface area (Å²) in [5, 5.41) is 17.0. The Labute approximate surface area is 86.3 Å². The molecule has 2 N–H and O–H groups in total. The zero-order chi connectivity index (χ0) is 10.1. The maximum absolute atomic E-state index is 9.59. The van der Waals surface area contributed by atoms with Crippen molar-refractivity contribution in [2.24, 2.45) is 0 Å². The largest absolute Gasteiger partial charge is 0.507 e. The Morgan fingerprint density at radius 1 is 1.36 bits per heavy atom. The summed E-state index contributed by atoms with van der Waals surface area (Å²) in [6.07, 6.45) is 0. The van der Waals surface area contributed by atoms with E-state index in [1.165, 1.54) is 0 Å². The second-order valence-electron chi connectivity index (χ2n) is 3.10. The van der Waals surface area contributed by atoms with Gasteiger partial charge in [0.1, 0.15) is 5.75 Å². The lowest BCUT2D eigenvalue weighted by atomic mass is 10.1. The minimum Gasteiger partial charge on any atom is -0.507 e. The highest BCUT2D eigenvalue weighted by molar-refractivity contribution is 6.30. The smallest absolute Gasteiger partial charge is 0.125 e. The van der Waals surface area contributed by atoms with Crippen LogP contribution in [-0.4, -0.2) is 15.3 Å². The Bertz CT molecular complexity index is 465. The normalized spacial score (nSPS) is 10.4. The lowest BCUT2D eigenvalue weighted by molar-refractivity contribution is 0.477. The van der Waals surface area contributed by atoms with Crippen LogP contribution in [0.15, 0.2) is 24.3 Å². The summed E-state index contributed by atoms with van der Waals surface area (Å²) in [5.41, 5.74) is 2.28. The van der Waals surface area contributed by atoms with Crippen LogP contribution < -0.4 is 0 Å². The van der Waals surface area contributed by atoms with Gasteiger partial charge in [0.05, 0.1) is 5.69 Å². The maximum atomic E-state index is 9.59. The van der Waals surface area contributed by atoms with Crippen molar-refractivity contribution in [1.29, 1.82) is 0 Å². The maximum Gasteiger partial charge on any atom is 0.125 e. The summed E-state index contributed by atoms with van der Waals surface area (Å²) in [7, 11) is 0. The number of nitrogens with zero attached hydrogens (tertiary/aromatic N) is 1. The molecule has 0 amide bonds. The molecule has 0 aliphatic rings. The lowest BCUT2D eigenvalue weighted by Gasteiger charge is -2.00. The number of hydrogen-bond acceptors (Lipinski definition) is 2. The molecule has 0 aliphatic heterocycles. The number of aromatic amines is 1. The number of aromatic nitrogens is 2. The highest BCUT2D eigenvalue weighted by Gasteiger charge is 2.07.